The molecule has 1 aromatic carbocycles. The van der Waals surface area contributed by atoms with Gasteiger partial charge in [-0.1, -0.05) is 6.07 Å². The van der Waals surface area contributed by atoms with Crippen LogP contribution in [0.15, 0.2) is 18.2 Å². The molecule has 0 unspecified atom stereocenters. The number of aromatic hydroxyl groups is 1. The third kappa shape index (κ3) is 5.60. The van der Waals surface area contributed by atoms with E-state index in [-0.39, 0.29) is 24.8 Å². The molecule has 0 spiro atoms. The van der Waals surface area contributed by atoms with Gasteiger partial charge in [0.15, 0.2) is 0 Å². The lowest BCUT2D eigenvalue weighted by Gasteiger charge is -2.12. The van der Waals surface area contributed by atoms with Crippen molar-refractivity contribution in [2.24, 2.45) is 0 Å². The zero-order chi connectivity index (χ0) is 15.1. The quantitative estimate of drug-likeness (QED) is 0.741. The third-order valence-electron chi connectivity index (χ3n) is 2.56. The highest BCUT2D eigenvalue weighted by Crippen LogP contribution is 2.18. The summed E-state index contributed by atoms with van der Waals surface area (Å²) in [7, 11) is 0. The monoisotopic (exact) mass is 281 g/mol. The van der Waals surface area contributed by atoms with Gasteiger partial charge in [-0.15, -0.1) is 0 Å². The predicted octanol–water partition coefficient (Wildman–Crippen LogP) is 2.04. The molecule has 3 N–H and O–H groups in total. The van der Waals surface area contributed by atoms with E-state index >= 15 is 0 Å². The van der Waals surface area contributed by atoms with Crippen molar-refractivity contribution in [3.8, 4) is 5.75 Å². The SMILES string of the molecule is CC(C)OC(=O)NCc1cc(O)ccc1CCC(=O)O. The normalized spacial score (nSPS) is 10.3. The largest absolute Gasteiger partial charge is 0.508 e. The fourth-order valence-electron chi connectivity index (χ4n) is 1.69. The summed E-state index contributed by atoms with van der Waals surface area (Å²) in [6.45, 7) is 3.66. The van der Waals surface area contributed by atoms with E-state index in [1.54, 1.807) is 19.9 Å². The number of carbonyl (C=O) groups is 2. The minimum Gasteiger partial charge on any atom is -0.508 e. The Balaban J connectivity index is 2.69. The Bertz CT molecular complexity index is 484. The zero-order valence-electron chi connectivity index (χ0n) is 11.5. The number of aryl methyl sites for hydroxylation is 1. The molecule has 1 rings (SSSR count). The Labute approximate surface area is 117 Å². The van der Waals surface area contributed by atoms with E-state index in [0.717, 1.165) is 5.56 Å². The van der Waals surface area contributed by atoms with Crippen molar-refractivity contribution in [1.82, 2.24) is 5.32 Å². The second-order valence-corrected chi connectivity index (χ2v) is 4.65. The van der Waals surface area contributed by atoms with Crippen molar-refractivity contribution in [3.05, 3.63) is 29.3 Å². The van der Waals surface area contributed by atoms with Gasteiger partial charge in [-0.05, 0) is 43.5 Å². The van der Waals surface area contributed by atoms with Gasteiger partial charge in [-0.25, -0.2) is 4.79 Å². The van der Waals surface area contributed by atoms with Crippen LogP contribution in [0.5, 0.6) is 5.75 Å². The second kappa shape index (κ2) is 7.37. The molecule has 0 bridgehead atoms. The van der Waals surface area contributed by atoms with Crippen molar-refractivity contribution in [2.45, 2.75) is 39.3 Å². The van der Waals surface area contributed by atoms with E-state index in [0.29, 0.717) is 12.0 Å². The number of carbonyl (C=O) groups excluding carboxylic acids is 1. The summed E-state index contributed by atoms with van der Waals surface area (Å²) in [5.74, 6) is -0.825. The van der Waals surface area contributed by atoms with Gasteiger partial charge in [-0.2, -0.15) is 0 Å². The maximum absolute atomic E-state index is 11.4. The van der Waals surface area contributed by atoms with Gasteiger partial charge in [0.05, 0.1) is 6.10 Å². The molecule has 0 saturated heterocycles. The van der Waals surface area contributed by atoms with Crippen molar-refractivity contribution in [1.29, 1.82) is 0 Å². The minimum atomic E-state index is -0.892. The number of benzene rings is 1. The van der Waals surface area contributed by atoms with Crippen molar-refractivity contribution in [2.75, 3.05) is 0 Å². The fourth-order valence-corrected chi connectivity index (χ4v) is 1.69. The molecule has 0 fully saturated rings. The molecule has 0 saturated carbocycles. The molecule has 1 amide bonds. The molecule has 0 aromatic heterocycles. The first-order valence-electron chi connectivity index (χ1n) is 6.35. The van der Waals surface area contributed by atoms with Gasteiger partial charge < -0.3 is 20.3 Å². The van der Waals surface area contributed by atoms with Crippen LogP contribution in [0.2, 0.25) is 0 Å². The van der Waals surface area contributed by atoms with Crippen LogP contribution in [0.1, 0.15) is 31.4 Å². The Morgan fingerprint density at radius 1 is 1.30 bits per heavy atom. The van der Waals surface area contributed by atoms with Gasteiger partial charge in [-0.3, -0.25) is 4.79 Å². The summed E-state index contributed by atoms with van der Waals surface area (Å²) < 4.78 is 4.93. The van der Waals surface area contributed by atoms with Crippen LogP contribution < -0.4 is 5.32 Å². The number of phenolic OH excluding ortho intramolecular Hbond substituents is 1. The molecule has 20 heavy (non-hydrogen) atoms. The number of ether oxygens (including phenoxy) is 1. The maximum Gasteiger partial charge on any atom is 0.407 e. The van der Waals surface area contributed by atoms with E-state index in [9.17, 15) is 14.7 Å². The molecule has 0 radical (unpaired) electrons. The Hall–Kier alpha value is -2.24. The van der Waals surface area contributed by atoms with Crippen LogP contribution in [-0.2, 0) is 22.5 Å². The van der Waals surface area contributed by atoms with Gasteiger partial charge in [0, 0.05) is 13.0 Å². The average molecular weight is 281 g/mol. The van der Waals surface area contributed by atoms with Crippen LogP contribution in [0.25, 0.3) is 0 Å². The number of nitrogens with one attached hydrogen (secondary N) is 1. The van der Waals surface area contributed by atoms with Gasteiger partial charge >= 0.3 is 12.1 Å². The smallest absolute Gasteiger partial charge is 0.407 e. The lowest BCUT2D eigenvalue weighted by atomic mass is 10.0. The predicted molar refractivity (Wildman–Crippen MR) is 72.5 cm³/mol. The number of carboxylic acids is 1. The van der Waals surface area contributed by atoms with E-state index in [1.807, 2.05) is 0 Å². The summed E-state index contributed by atoms with van der Waals surface area (Å²) in [4.78, 5) is 22.0. The lowest BCUT2D eigenvalue weighted by Crippen LogP contribution is -2.26. The Morgan fingerprint density at radius 3 is 2.60 bits per heavy atom. The van der Waals surface area contributed by atoms with Crippen LogP contribution in [0.4, 0.5) is 4.79 Å². The number of phenols is 1. The molecule has 0 aliphatic heterocycles. The zero-order valence-corrected chi connectivity index (χ0v) is 11.5. The van der Waals surface area contributed by atoms with Crippen LogP contribution >= 0.6 is 0 Å². The Kier molecular flexibility index (Phi) is 5.83. The fraction of sp³-hybridized carbons (Fsp3) is 0.429. The molecule has 0 aliphatic carbocycles. The van der Waals surface area contributed by atoms with Gasteiger partial charge in [0.2, 0.25) is 0 Å². The van der Waals surface area contributed by atoms with Crippen molar-refractivity contribution < 1.29 is 24.5 Å². The number of hydrogen-bond donors (Lipinski definition) is 3. The highest BCUT2D eigenvalue weighted by Gasteiger charge is 2.09. The number of alkyl carbamates (subject to hydrolysis) is 1. The van der Waals surface area contributed by atoms with Crippen LogP contribution in [0.3, 0.4) is 0 Å². The summed E-state index contributed by atoms with van der Waals surface area (Å²) in [6, 6.07) is 4.66. The van der Waals surface area contributed by atoms with Gasteiger partial charge in [0.25, 0.3) is 0 Å². The van der Waals surface area contributed by atoms with Crippen LogP contribution in [-0.4, -0.2) is 28.4 Å². The number of carboxylic acid groups (broad SMARTS) is 1. The molecular weight excluding hydrogens is 262 g/mol. The summed E-state index contributed by atoms with van der Waals surface area (Å²) in [5.41, 5.74) is 1.45. The minimum absolute atomic E-state index is 0.00574. The number of aliphatic carboxylic acids is 1. The highest BCUT2D eigenvalue weighted by atomic mass is 16.6. The summed E-state index contributed by atoms with van der Waals surface area (Å²) in [5, 5.41) is 20.7. The first kappa shape index (κ1) is 15.8. The third-order valence-corrected chi connectivity index (χ3v) is 2.56. The van der Waals surface area contributed by atoms with Crippen molar-refractivity contribution >= 4 is 12.1 Å². The average Bonchev–Trinajstić information content (AvgIpc) is 2.34. The molecule has 6 nitrogen and oxygen atoms in total. The summed E-state index contributed by atoms with van der Waals surface area (Å²) >= 11 is 0. The first-order chi connectivity index (χ1) is 9.38. The molecule has 0 aliphatic rings. The number of rotatable bonds is 6. The van der Waals surface area contributed by atoms with Crippen LogP contribution in [0, 0.1) is 0 Å². The molecule has 0 atom stereocenters. The maximum atomic E-state index is 11.4. The second-order valence-electron chi connectivity index (χ2n) is 4.65. The first-order valence-corrected chi connectivity index (χ1v) is 6.35. The topological polar surface area (TPSA) is 95.9 Å². The van der Waals surface area contributed by atoms with E-state index in [1.165, 1.54) is 12.1 Å². The molecule has 0 heterocycles. The molecule has 6 heteroatoms. The molecule has 110 valence electrons. The molecule has 1 aromatic rings. The lowest BCUT2D eigenvalue weighted by molar-refractivity contribution is -0.136. The van der Waals surface area contributed by atoms with Crippen molar-refractivity contribution in [3.63, 3.8) is 0 Å². The number of amides is 1. The van der Waals surface area contributed by atoms with E-state index < -0.39 is 12.1 Å². The van der Waals surface area contributed by atoms with E-state index in [4.69, 9.17) is 9.84 Å². The van der Waals surface area contributed by atoms with E-state index in [2.05, 4.69) is 5.32 Å². The summed E-state index contributed by atoms with van der Waals surface area (Å²) in [6.07, 6.45) is -0.432. The Morgan fingerprint density at radius 2 is 2.00 bits per heavy atom. The molecular formula is C14H19NO5. The van der Waals surface area contributed by atoms with Gasteiger partial charge in [0.1, 0.15) is 5.75 Å². The number of hydrogen-bond acceptors (Lipinski definition) is 4. The highest BCUT2D eigenvalue weighted by molar-refractivity contribution is 5.68. The standard InChI is InChI=1S/C14H19NO5/c1-9(2)20-14(19)15-8-11-7-12(16)5-3-10(11)4-6-13(17)18/h3,5,7,9,16H,4,6,8H2,1-2H3,(H,15,19)(H,17,18).